The summed E-state index contributed by atoms with van der Waals surface area (Å²) in [6.45, 7) is 1.45. The van der Waals surface area contributed by atoms with Crippen molar-refractivity contribution in [1.29, 1.82) is 0 Å². The first-order valence-electron chi connectivity index (χ1n) is 10.6. The Morgan fingerprint density at radius 2 is 1.66 bits per heavy atom. The van der Waals surface area contributed by atoms with Crippen molar-refractivity contribution in [3.8, 4) is 11.5 Å². The summed E-state index contributed by atoms with van der Waals surface area (Å²) in [5.41, 5.74) is -0.413. The number of ether oxygens (including phenoxy) is 1. The molecule has 0 bridgehead atoms. The van der Waals surface area contributed by atoms with Gasteiger partial charge in [0.1, 0.15) is 16.3 Å². The molecule has 0 aliphatic heterocycles. The molecule has 190 valence electrons. The van der Waals surface area contributed by atoms with E-state index in [2.05, 4.69) is 15.5 Å². The number of carbonyl (C=O) groups excluding carboxylic acids is 1. The van der Waals surface area contributed by atoms with E-state index in [0.717, 1.165) is 0 Å². The van der Waals surface area contributed by atoms with E-state index in [9.17, 15) is 22.9 Å². The van der Waals surface area contributed by atoms with Crippen molar-refractivity contribution >= 4 is 67.1 Å². The molecule has 0 aromatic heterocycles. The molecular formula is C25H18Cl2N3NaO6S. The molecule has 9 nitrogen and oxygen atoms in total. The number of nitrogens with one attached hydrogen (secondary N) is 1. The summed E-state index contributed by atoms with van der Waals surface area (Å²) in [7, 11) is -3.26. The van der Waals surface area contributed by atoms with Gasteiger partial charge in [-0.3, -0.25) is 9.35 Å². The molecule has 2 N–H and O–H groups in total. The van der Waals surface area contributed by atoms with Crippen molar-refractivity contribution in [1.82, 2.24) is 0 Å². The predicted octanol–water partition coefficient (Wildman–Crippen LogP) is 3.46. The first-order valence-corrected chi connectivity index (χ1v) is 12.8. The molecular weight excluding hydrogens is 564 g/mol. The van der Waals surface area contributed by atoms with Gasteiger partial charge in [-0.05, 0) is 42.1 Å². The van der Waals surface area contributed by atoms with Crippen LogP contribution in [-0.4, -0.2) is 26.0 Å². The SMILES string of the molecule is COc1ccc(Cl)c(NC(=O)c2cc3ccccc3c(N=Nc3c(Cl)ccc(C)c3S(=O)(=O)O)c2[O-])c1.[Na+]. The molecule has 4 rings (SSSR count). The number of hydrogen-bond acceptors (Lipinski definition) is 7. The van der Waals surface area contributed by atoms with Gasteiger partial charge < -0.3 is 15.2 Å². The molecule has 38 heavy (non-hydrogen) atoms. The van der Waals surface area contributed by atoms with Crippen molar-refractivity contribution in [2.24, 2.45) is 10.2 Å². The van der Waals surface area contributed by atoms with Crippen molar-refractivity contribution in [2.45, 2.75) is 11.8 Å². The number of halogens is 2. The summed E-state index contributed by atoms with van der Waals surface area (Å²) in [6, 6.07) is 15.5. The van der Waals surface area contributed by atoms with Gasteiger partial charge in [-0.15, -0.1) is 5.11 Å². The Morgan fingerprint density at radius 3 is 2.34 bits per heavy atom. The molecule has 0 saturated heterocycles. The fraction of sp³-hybridized carbons (Fsp3) is 0.0800. The van der Waals surface area contributed by atoms with Crippen LogP contribution in [0.15, 0.2) is 75.8 Å². The second-order valence-electron chi connectivity index (χ2n) is 7.84. The Hall–Kier alpha value is -2.70. The number of amides is 1. The van der Waals surface area contributed by atoms with Crippen LogP contribution in [-0.2, 0) is 10.1 Å². The molecule has 0 radical (unpaired) electrons. The third-order valence-corrected chi connectivity index (χ3v) is 7.09. The summed E-state index contributed by atoms with van der Waals surface area (Å²) in [5, 5.41) is 24.9. The maximum Gasteiger partial charge on any atom is 1.00 e. The van der Waals surface area contributed by atoms with Gasteiger partial charge in [0.05, 0.1) is 28.5 Å². The van der Waals surface area contributed by atoms with Gasteiger partial charge in [0.25, 0.3) is 16.0 Å². The molecule has 0 atom stereocenters. The molecule has 4 aromatic rings. The number of carbonyl (C=O) groups is 1. The Balaban J connectivity index is 0.00000400. The van der Waals surface area contributed by atoms with E-state index in [4.69, 9.17) is 27.9 Å². The third-order valence-electron chi connectivity index (χ3n) is 5.43. The van der Waals surface area contributed by atoms with E-state index >= 15 is 0 Å². The number of rotatable bonds is 6. The van der Waals surface area contributed by atoms with Crippen molar-refractivity contribution in [3.05, 3.63) is 81.8 Å². The molecule has 4 aromatic carbocycles. The smallest absolute Gasteiger partial charge is 0.870 e. The zero-order chi connectivity index (χ0) is 26.9. The minimum absolute atomic E-state index is 0. The zero-order valence-electron chi connectivity index (χ0n) is 20.3. The first kappa shape index (κ1) is 29.9. The topological polar surface area (TPSA) is 140 Å². The quantitative estimate of drug-likeness (QED) is 0.203. The number of hydrogen-bond donors (Lipinski definition) is 2. The summed E-state index contributed by atoms with van der Waals surface area (Å²) in [5.74, 6) is -1.08. The molecule has 13 heteroatoms. The standard InChI is InChI=1S/C25H19Cl2N3O6S.Na/c1-13-7-9-19(27)22(24(13)37(33,34)35)30-29-21-16-6-4-3-5-14(16)11-17(23(21)31)25(32)28-20-12-15(36-2)8-10-18(20)26;/h3-12,31H,1-2H3,(H,28,32)(H,33,34,35);/q;+1/p-1. The number of methoxy groups -OCH3 is 1. The second-order valence-corrected chi connectivity index (χ2v) is 10.0. The first-order chi connectivity index (χ1) is 17.5. The summed E-state index contributed by atoms with van der Waals surface area (Å²) in [4.78, 5) is 12.6. The minimum atomic E-state index is -4.71. The number of aryl methyl sites for hydroxylation is 1. The largest absolute Gasteiger partial charge is 1.00 e. The van der Waals surface area contributed by atoms with Crippen LogP contribution in [0, 0.1) is 6.92 Å². The van der Waals surface area contributed by atoms with Crippen LogP contribution >= 0.6 is 23.2 Å². The number of anilines is 1. The van der Waals surface area contributed by atoms with Crippen molar-refractivity contribution in [3.63, 3.8) is 0 Å². The second kappa shape index (κ2) is 12.0. The van der Waals surface area contributed by atoms with Crippen molar-refractivity contribution in [2.75, 3.05) is 12.4 Å². The molecule has 0 unspecified atom stereocenters. The predicted molar refractivity (Wildman–Crippen MR) is 140 cm³/mol. The van der Waals surface area contributed by atoms with Gasteiger partial charge in [0.2, 0.25) is 0 Å². The summed E-state index contributed by atoms with van der Waals surface area (Å²) < 4.78 is 38.8. The van der Waals surface area contributed by atoms with Crippen LogP contribution in [0.4, 0.5) is 17.1 Å². The van der Waals surface area contributed by atoms with Crippen LogP contribution in [0.25, 0.3) is 10.8 Å². The van der Waals surface area contributed by atoms with Gasteiger partial charge in [-0.2, -0.15) is 13.5 Å². The van der Waals surface area contributed by atoms with Crippen LogP contribution in [0.3, 0.4) is 0 Å². The Kier molecular flexibility index (Phi) is 9.43. The van der Waals surface area contributed by atoms with Crippen LogP contribution < -0.4 is 44.7 Å². The van der Waals surface area contributed by atoms with Gasteiger partial charge in [-0.1, -0.05) is 59.3 Å². The number of azo groups is 1. The molecule has 0 heterocycles. The minimum Gasteiger partial charge on any atom is -0.870 e. The third kappa shape index (κ3) is 6.13. The van der Waals surface area contributed by atoms with Gasteiger partial charge in [0, 0.05) is 17.0 Å². The van der Waals surface area contributed by atoms with E-state index in [-0.39, 0.29) is 67.8 Å². The Morgan fingerprint density at radius 1 is 1.00 bits per heavy atom. The molecule has 0 fully saturated rings. The summed E-state index contributed by atoms with van der Waals surface area (Å²) >= 11 is 12.3. The van der Waals surface area contributed by atoms with Crippen LogP contribution in [0.2, 0.25) is 10.0 Å². The van der Waals surface area contributed by atoms with Gasteiger partial charge >= 0.3 is 29.6 Å². The zero-order valence-corrected chi connectivity index (χ0v) is 24.6. The average molecular weight is 582 g/mol. The molecule has 0 spiro atoms. The van der Waals surface area contributed by atoms with Gasteiger partial charge in [-0.25, -0.2) is 0 Å². The Labute approximate surface area is 250 Å². The van der Waals surface area contributed by atoms with Crippen LogP contribution in [0.1, 0.15) is 15.9 Å². The number of fused-ring (bicyclic) bond motifs is 1. The Bertz CT molecular complexity index is 1700. The maximum atomic E-state index is 13.4. The summed E-state index contributed by atoms with van der Waals surface area (Å²) in [6.07, 6.45) is 0. The fourth-order valence-electron chi connectivity index (χ4n) is 3.66. The molecule has 0 aliphatic carbocycles. The van der Waals surface area contributed by atoms with E-state index in [0.29, 0.717) is 16.5 Å². The van der Waals surface area contributed by atoms with Gasteiger partial charge in [0.15, 0.2) is 0 Å². The van der Waals surface area contributed by atoms with E-state index in [1.54, 1.807) is 30.3 Å². The monoisotopic (exact) mass is 581 g/mol. The molecule has 0 aliphatic rings. The maximum absolute atomic E-state index is 13.4. The van der Waals surface area contributed by atoms with E-state index < -0.39 is 26.7 Å². The number of benzene rings is 4. The van der Waals surface area contributed by atoms with E-state index in [1.165, 1.54) is 44.4 Å². The van der Waals surface area contributed by atoms with Crippen molar-refractivity contribution < 1.29 is 57.2 Å². The van der Waals surface area contributed by atoms with E-state index in [1.807, 2.05) is 0 Å². The van der Waals surface area contributed by atoms with Crippen LogP contribution in [0.5, 0.6) is 11.5 Å². The normalized spacial score (nSPS) is 11.4. The molecule has 0 saturated carbocycles. The average Bonchev–Trinajstić information content (AvgIpc) is 2.85. The fourth-order valence-corrected chi connectivity index (χ4v) is 4.95. The number of nitrogens with zero attached hydrogens (tertiary/aromatic N) is 2. The molecule has 1 amide bonds.